The van der Waals surface area contributed by atoms with Gasteiger partial charge in [-0.2, -0.15) is 10.2 Å². The van der Waals surface area contributed by atoms with E-state index in [2.05, 4.69) is 35.8 Å². The van der Waals surface area contributed by atoms with Crippen molar-refractivity contribution in [3.63, 3.8) is 0 Å². The maximum atomic E-state index is 14.6. The maximum absolute atomic E-state index is 14.6. The van der Waals surface area contributed by atoms with E-state index in [0.29, 0.717) is 24.2 Å². The van der Waals surface area contributed by atoms with Gasteiger partial charge in [0, 0.05) is 24.0 Å². The molecular weight excluding hydrogens is 527 g/mol. The van der Waals surface area contributed by atoms with Gasteiger partial charge in [0.05, 0.1) is 28.9 Å². The Balaban J connectivity index is 1.23. The van der Waals surface area contributed by atoms with Gasteiger partial charge in [-0.1, -0.05) is 0 Å². The molecule has 5 heterocycles. The van der Waals surface area contributed by atoms with Crippen molar-refractivity contribution in [2.45, 2.75) is 38.1 Å². The molecule has 4 aromatic heterocycles. The molecule has 0 bridgehead atoms. The molecule has 0 unspecified atom stereocenters. The first-order valence-corrected chi connectivity index (χ1v) is 13.2. The number of likely N-dealkylation sites (N-methyl/N-ethyl adjacent to an activating group) is 1. The molecule has 1 amide bonds. The highest BCUT2D eigenvalue weighted by atomic mass is 32.1. The number of pyridine rings is 1. The largest absolute Gasteiger partial charge is 0.390 e. The first-order chi connectivity index (χ1) is 18.7. The van der Waals surface area contributed by atoms with Crippen molar-refractivity contribution in [2.24, 2.45) is 0 Å². The summed E-state index contributed by atoms with van der Waals surface area (Å²) in [7, 11) is 2.03. The minimum Gasteiger partial charge on any atom is -0.390 e. The number of aryl methyl sites for hydroxylation is 1. The zero-order valence-corrected chi connectivity index (χ0v) is 21.6. The summed E-state index contributed by atoms with van der Waals surface area (Å²) >= 11 is 1.19. The summed E-state index contributed by atoms with van der Waals surface area (Å²) in [5, 5.41) is 36.6. The summed E-state index contributed by atoms with van der Waals surface area (Å²) in [6.45, 7) is 2.37. The van der Waals surface area contributed by atoms with E-state index in [1.807, 2.05) is 17.8 Å². The number of anilines is 3. The summed E-state index contributed by atoms with van der Waals surface area (Å²) in [5.41, 5.74) is 1.72. The first kappa shape index (κ1) is 25.3. The molecule has 6 rings (SSSR count). The van der Waals surface area contributed by atoms with Crippen molar-refractivity contribution in [3.05, 3.63) is 67.5 Å². The summed E-state index contributed by atoms with van der Waals surface area (Å²) in [4.78, 5) is 32.8. The average Bonchev–Trinajstić information content (AvgIpc) is 3.53. The van der Waals surface area contributed by atoms with E-state index >= 15 is 0 Å². The number of aliphatic hydroxyl groups is 2. The predicted octanol–water partition coefficient (Wildman–Crippen LogP) is 2.01. The van der Waals surface area contributed by atoms with E-state index in [0.717, 1.165) is 36.3 Å². The van der Waals surface area contributed by atoms with Crippen molar-refractivity contribution in [1.82, 2.24) is 29.9 Å². The number of aromatic amines is 1. The Bertz CT molecular complexity index is 1630. The van der Waals surface area contributed by atoms with Crippen LogP contribution in [0.25, 0.3) is 11.4 Å². The van der Waals surface area contributed by atoms with Crippen LogP contribution in [0.15, 0.2) is 35.1 Å². The average molecular weight is 553 g/mol. The number of H-pyrrole nitrogens is 1. The highest BCUT2D eigenvalue weighted by Crippen LogP contribution is 2.36. The van der Waals surface area contributed by atoms with Crippen molar-refractivity contribution in [1.29, 1.82) is 0 Å². The van der Waals surface area contributed by atoms with Gasteiger partial charge >= 0.3 is 0 Å². The van der Waals surface area contributed by atoms with Crippen LogP contribution in [-0.2, 0) is 19.5 Å². The molecule has 0 fully saturated rings. The fourth-order valence-corrected chi connectivity index (χ4v) is 5.82. The second kappa shape index (κ2) is 9.96. The Kier molecular flexibility index (Phi) is 6.46. The van der Waals surface area contributed by atoms with Crippen LogP contribution in [-0.4, -0.2) is 65.7 Å². The van der Waals surface area contributed by atoms with Gasteiger partial charge in [0.25, 0.3) is 11.5 Å². The third-order valence-electron chi connectivity index (χ3n) is 6.81. The lowest BCUT2D eigenvalue weighted by Gasteiger charge is -2.23. The zero-order chi connectivity index (χ0) is 27.3. The second-order valence-corrected chi connectivity index (χ2v) is 10.8. The van der Waals surface area contributed by atoms with Gasteiger partial charge in [0.15, 0.2) is 17.5 Å². The molecule has 1 aliphatic heterocycles. The Labute approximate surface area is 225 Å². The molecule has 0 radical (unpaired) electrons. The number of carbonyl (C=O) groups excluding carboxylic acids is 1. The summed E-state index contributed by atoms with van der Waals surface area (Å²) in [5.74, 6) is -1.14. The predicted molar refractivity (Wildman–Crippen MR) is 141 cm³/mol. The summed E-state index contributed by atoms with van der Waals surface area (Å²) < 4.78 is 16.5. The Morgan fingerprint density at radius 1 is 1.21 bits per heavy atom. The van der Waals surface area contributed by atoms with Gasteiger partial charge in [0.1, 0.15) is 17.5 Å². The van der Waals surface area contributed by atoms with E-state index in [9.17, 15) is 24.2 Å². The second-order valence-electron chi connectivity index (χ2n) is 9.62. The Morgan fingerprint density at radius 2 is 2.05 bits per heavy atom. The van der Waals surface area contributed by atoms with E-state index in [-0.39, 0.29) is 27.8 Å². The third kappa shape index (κ3) is 4.94. The van der Waals surface area contributed by atoms with Crippen LogP contribution >= 0.6 is 11.3 Å². The Morgan fingerprint density at radius 3 is 2.90 bits per heavy atom. The van der Waals surface area contributed by atoms with E-state index in [1.165, 1.54) is 29.5 Å². The lowest BCUT2D eigenvalue weighted by Crippen LogP contribution is -2.30. The van der Waals surface area contributed by atoms with E-state index < -0.39 is 29.5 Å². The number of thiophene rings is 1. The molecule has 202 valence electrons. The number of carbonyl (C=O) groups is 1. The molecule has 0 saturated heterocycles. The standard InChI is InChI=1S/C25H25FN8O4S/c1-33-6-7-34-12(11-33)8-21(32-34)27-17-10-16(30-31-24(17)37)15-3-2-14(26)23(28-15)29-25(38)20-9-13-19(39-20)5-4-18(35)22(13)36/h2-3,8-10,18,22,35-36H,4-7,11H2,1H3,(H,31,37)(H,27,30,32)(H,28,29,38)/t18-,22+/m1/s1. The van der Waals surface area contributed by atoms with Crippen LogP contribution in [0.1, 0.15) is 38.3 Å². The maximum Gasteiger partial charge on any atom is 0.287 e. The van der Waals surface area contributed by atoms with Crippen LogP contribution in [0.3, 0.4) is 0 Å². The van der Waals surface area contributed by atoms with Gasteiger partial charge in [-0.3, -0.25) is 19.2 Å². The number of fused-ring (bicyclic) bond motifs is 2. The molecule has 0 spiro atoms. The van der Waals surface area contributed by atoms with Gasteiger partial charge < -0.3 is 20.8 Å². The number of halogens is 1. The van der Waals surface area contributed by atoms with Crippen LogP contribution < -0.4 is 16.2 Å². The van der Waals surface area contributed by atoms with Gasteiger partial charge in [-0.15, -0.1) is 11.3 Å². The smallest absolute Gasteiger partial charge is 0.287 e. The molecule has 5 N–H and O–H groups in total. The monoisotopic (exact) mass is 552 g/mol. The lowest BCUT2D eigenvalue weighted by atomic mass is 9.93. The van der Waals surface area contributed by atoms with E-state index in [1.54, 1.807) is 0 Å². The van der Waals surface area contributed by atoms with Crippen molar-refractivity contribution in [3.8, 4) is 11.4 Å². The number of nitrogens with zero attached hydrogens (tertiary/aromatic N) is 5. The minimum absolute atomic E-state index is 0.186. The van der Waals surface area contributed by atoms with Crippen molar-refractivity contribution < 1.29 is 19.4 Å². The molecule has 0 aromatic carbocycles. The Hall–Kier alpha value is -3.98. The normalized spacial score (nSPS) is 18.9. The van der Waals surface area contributed by atoms with Gasteiger partial charge in [-0.05, 0) is 49.7 Å². The number of aliphatic hydroxyl groups excluding tert-OH is 2. The molecule has 12 nitrogen and oxygen atoms in total. The molecule has 4 aromatic rings. The third-order valence-corrected chi connectivity index (χ3v) is 8.02. The van der Waals surface area contributed by atoms with Crippen molar-refractivity contribution >= 4 is 34.6 Å². The quantitative estimate of drug-likeness (QED) is 0.249. The summed E-state index contributed by atoms with van der Waals surface area (Å²) in [6, 6.07) is 7.41. The molecule has 2 atom stereocenters. The molecule has 2 aliphatic rings. The van der Waals surface area contributed by atoms with Gasteiger partial charge in [0.2, 0.25) is 0 Å². The van der Waals surface area contributed by atoms with Crippen LogP contribution in [0.2, 0.25) is 0 Å². The topological polar surface area (TPSA) is 161 Å². The molecular formula is C25H25FN8O4S. The zero-order valence-electron chi connectivity index (χ0n) is 20.8. The number of aromatic nitrogens is 5. The lowest BCUT2D eigenvalue weighted by molar-refractivity contribution is 0.00724. The van der Waals surface area contributed by atoms with Crippen LogP contribution in [0.5, 0.6) is 0 Å². The van der Waals surface area contributed by atoms with Crippen LogP contribution in [0, 0.1) is 5.82 Å². The number of nitrogens with one attached hydrogen (secondary N) is 3. The first-order valence-electron chi connectivity index (χ1n) is 12.3. The highest BCUT2D eigenvalue weighted by molar-refractivity contribution is 7.14. The van der Waals surface area contributed by atoms with Crippen LogP contribution in [0.4, 0.5) is 21.7 Å². The minimum atomic E-state index is -1.06. The molecule has 1 aliphatic carbocycles. The van der Waals surface area contributed by atoms with E-state index in [4.69, 9.17) is 0 Å². The SMILES string of the molecule is CN1CCn2nc(Nc3cc(-c4ccc(F)c(NC(=O)c5cc6c(s5)CC[C@@H](O)[C@H]6O)n4)n[nH]c3=O)cc2C1. The molecule has 39 heavy (non-hydrogen) atoms. The summed E-state index contributed by atoms with van der Waals surface area (Å²) in [6.07, 6.45) is -1.01. The van der Waals surface area contributed by atoms with Crippen molar-refractivity contribution in [2.75, 3.05) is 24.2 Å². The number of amides is 1. The fourth-order valence-electron chi connectivity index (χ4n) is 4.71. The number of hydrogen-bond acceptors (Lipinski definition) is 10. The van der Waals surface area contributed by atoms with Gasteiger partial charge in [-0.25, -0.2) is 14.5 Å². The number of rotatable bonds is 5. The fraction of sp³-hybridized carbons (Fsp3) is 0.320. The highest BCUT2D eigenvalue weighted by Gasteiger charge is 2.29. The molecule has 14 heteroatoms. The number of hydrogen-bond donors (Lipinski definition) is 5. The molecule has 0 saturated carbocycles.